The van der Waals surface area contributed by atoms with Gasteiger partial charge in [-0.1, -0.05) is 19.1 Å². The zero-order valence-electron chi connectivity index (χ0n) is 12.1. The molecule has 0 aliphatic heterocycles. The maximum Gasteiger partial charge on any atom is 0.0731 e. The van der Waals surface area contributed by atoms with Crippen molar-refractivity contribution in [3.8, 4) is 0 Å². The van der Waals surface area contributed by atoms with Crippen LogP contribution in [0.3, 0.4) is 0 Å². The van der Waals surface area contributed by atoms with Crippen molar-refractivity contribution >= 4 is 38.2 Å². The van der Waals surface area contributed by atoms with Gasteiger partial charge in [0.05, 0.1) is 15.3 Å². The average Bonchev–Trinajstić information content (AvgIpc) is 2.83. The second kappa shape index (κ2) is 6.26. The van der Waals surface area contributed by atoms with Gasteiger partial charge in [-0.2, -0.15) is 0 Å². The number of pyridine rings is 1. The molecule has 3 aromatic rings. The highest BCUT2D eigenvalue weighted by molar-refractivity contribution is 9.11. The first-order valence-electron chi connectivity index (χ1n) is 7.03. The summed E-state index contributed by atoms with van der Waals surface area (Å²) in [6, 6.07) is 13.1. The highest BCUT2D eigenvalue weighted by Gasteiger charge is 2.17. The minimum Gasteiger partial charge on any atom is -0.306 e. The Morgan fingerprint density at radius 3 is 2.86 bits per heavy atom. The molecule has 3 rings (SSSR count). The van der Waals surface area contributed by atoms with Crippen LogP contribution in [0.2, 0.25) is 0 Å². The first kappa shape index (κ1) is 14.7. The standard InChI is InChI=1S/C17H17BrN2S/c1-3-19-16(15-9-11(2)17(18)21-15)13-6-7-14-12(10-13)5-4-8-20-14/h4-10,16,19H,3H2,1-2H3. The largest absolute Gasteiger partial charge is 0.306 e. The molecule has 0 radical (unpaired) electrons. The van der Waals surface area contributed by atoms with Crippen molar-refractivity contribution in [1.29, 1.82) is 0 Å². The number of hydrogen-bond acceptors (Lipinski definition) is 3. The van der Waals surface area contributed by atoms with E-state index in [0.29, 0.717) is 0 Å². The number of fused-ring (bicyclic) bond motifs is 1. The number of halogens is 1. The second-order valence-electron chi connectivity index (χ2n) is 5.05. The number of aromatic nitrogens is 1. The van der Waals surface area contributed by atoms with E-state index in [-0.39, 0.29) is 6.04 Å². The number of rotatable bonds is 4. The van der Waals surface area contributed by atoms with Crippen molar-refractivity contribution in [2.24, 2.45) is 0 Å². The molecule has 108 valence electrons. The average molecular weight is 361 g/mol. The Morgan fingerprint density at radius 2 is 2.14 bits per heavy atom. The van der Waals surface area contributed by atoms with Gasteiger partial charge in [0.1, 0.15) is 0 Å². The van der Waals surface area contributed by atoms with E-state index in [1.807, 2.05) is 12.3 Å². The van der Waals surface area contributed by atoms with Crippen molar-refractivity contribution in [2.45, 2.75) is 19.9 Å². The Hall–Kier alpha value is -1.23. The van der Waals surface area contributed by atoms with E-state index in [0.717, 1.165) is 12.1 Å². The van der Waals surface area contributed by atoms with Crippen molar-refractivity contribution < 1.29 is 0 Å². The topological polar surface area (TPSA) is 24.9 Å². The van der Waals surface area contributed by atoms with Gasteiger partial charge < -0.3 is 5.32 Å². The fourth-order valence-corrected chi connectivity index (χ4v) is 4.16. The molecule has 4 heteroatoms. The van der Waals surface area contributed by atoms with Crippen molar-refractivity contribution in [3.05, 3.63) is 62.4 Å². The number of nitrogens with zero attached hydrogens (tertiary/aromatic N) is 1. The highest BCUT2D eigenvalue weighted by Crippen LogP contribution is 2.35. The van der Waals surface area contributed by atoms with E-state index in [1.165, 1.54) is 25.2 Å². The Bertz CT molecular complexity index is 747. The molecule has 2 heterocycles. The maximum atomic E-state index is 4.39. The molecule has 0 aliphatic rings. The van der Waals surface area contributed by atoms with Crippen molar-refractivity contribution in [3.63, 3.8) is 0 Å². The van der Waals surface area contributed by atoms with Crippen LogP contribution in [-0.4, -0.2) is 11.5 Å². The predicted octanol–water partition coefficient (Wildman–Crippen LogP) is 5.07. The van der Waals surface area contributed by atoms with Gasteiger partial charge in [0.25, 0.3) is 0 Å². The number of thiophene rings is 1. The Balaban J connectivity index is 2.06. The molecule has 1 N–H and O–H groups in total. The molecule has 2 aromatic heterocycles. The molecule has 1 unspecified atom stereocenters. The summed E-state index contributed by atoms with van der Waals surface area (Å²) in [5.74, 6) is 0. The quantitative estimate of drug-likeness (QED) is 0.702. The summed E-state index contributed by atoms with van der Waals surface area (Å²) in [5, 5.41) is 4.78. The monoisotopic (exact) mass is 360 g/mol. The van der Waals surface area contributed by atoms with Crippen molar-refractivity contribution in [2.75, 3.05) is 6.54 Å². The third kappa shape index (κ3) is 3.03. The van der Waals surface area contributed by atoms with Crippen LogP contribution in [-0.2, 0) is 0 Å². The lowest BCUT2D eigenvalue weighted by Crippen LogP contribution is -2.21. The Labute approximate surface area is 137 Å². The first-order valence-corrected chi connectivity index (χ1v) is 8.64. The van der Waals surface area contributed by atoms with Gasteiger partial charge in [-0.25, -0.2) is 0 Å². The van der Waals surface area contributed by atoms with E-state index in [1.54, 1.807) is 11.3 Å². The van der Waals surface area contributed by atoms with Crippen LogP contribution < -0.4 is 5.32 Å². The minimum atomic E-state index is 0.231. The molecule has 0 bridgehead atoms. The summed E-state index contributed by atoms with van der Waals surface area (Å²) >= 11 is 5.43. The van der Waals surface area contributed by atoms with Gasteiger partial charge in [0, 0.05) is 16.5 Å². The Morgan fingerprint density at radius 1 is 1.29 bits per heavy atom. The van der Waals surface area contributed by atoms with Crippen LogP contribution in [0.1, 0.15) is 29.0 Å². The van der Waals surface area contributed by atoms with Gasteiger partial charge in [0.15, 0.2) is 0 Å². The van der Waals surface area contributed by atoms with Crippen molar-refractivity contribution in [1.82, 2.24) is 10.3 Å². The van der Waals surface area contributed by atoms with E-state index in [2.05, 4.69) is 70.4 Å². The van der Waals surface area contributed by atoms with Crippen LogP contribution in [0.15, 0.2) is 46.4 Å². The summed E-state index contributed by atoms with van der Waals surface area (Å²) in [6.45, 7) is 5.22. The SMILES string of the molecule is CCNC(c1ccc2ncccc2c1)c1cc(C)c(Br)s1. The molecule has 1 aromatic carbocycles. The smallest absolute Gasteiger partial charge is 0.0731 e. The second-order valence-corrected chi connectivity index (χ2v) is 7.45. The summed E-state index contributed by atoms with van der Waals surface area (Å²) in [5.41, 5.74) is 3.62. The highest BCUT2D eigenvalue weighted by atomic mass is 79.9. The van der Waals surface area contributed by atoms with Crippen LogP contribution in [0.4, 0.5) is 0 Å². The molecule has 0 saturated heterocycles. The van der Waals surface area contributed by atoms with Gasteiger partial charge in [-0.15, -0.1) is 11.3 Å². The van der Waals surface area contributed by atoms with E-state index in [4.69, 9.17) is 0 Å². The van der Waals surface area contributed by atoms with Crippen LogP contribution in [0, 0.1) is 6.92 Å². The molecular formula is C17H17BrN2S. The summed E-state index contributed by atoms with van der Waals surface area (Å²) < 4.78 is 1.21. The number of nitrogens with one attached hydrogen (secondary N) is 1. The summed E-state index contributed by atoms with van der Waals surface area (Å²) in [6.07, 6.45) is 1.84. The van der Waals surface area contributed by atoms with Gasteiger partial charge in [0.2, 0.25) is 0 Å². The van der Waals surface area contributed by atoms with Gasteiger partial charge in [-0.05, 0) is 64.8 Å². The minimum absolute atomic E-state index is 0.231. The molecule has 21 heavy (non-hydrogen) atoms. The lowest BCUT2D eigenvalue weighted by atomic mass is 10.0. The molecule has 1 atom stereocenters. The molecule has 0 saturated carbocycles. The summed E-state index contributed by atoms with van der Waals surface area (Å²) in [4.78, 5) is 5.73. The van der Waals surface area contributed by atoms with E-state index in [9.17, 15) is 0 Å². The third-order valence-corrected chi connectivity index (χ3v) is 5.73. The maximum absolute atomic E-state index is 4.39. The van der Waals surface area contributed by atoms with Gasteiger partial charge >= 0.3 is 0 Å². The normalized spacial score (nSPS) is 12.7. The van der Waals surface area contributed by atoms with E-state index < -0.39 is 0 Å². The van der Waals surface area contributed by atoms with Gasteiger partial charge in [-0.3, -0.25) is 4.98 Å². The Kier molecular flexibility index (Phi) is 4.38. The zero-order valence-corrected chi connectivity index (χ0v) is 14.5. The number of aryl methyl sites for hydroxylation is 1. The lowest BCUT2D eigenvalue weighted by Gasteiger charge is -2.17. The zero-order chi connectivity index (χ0) is 14.8. The van der Waals surface area contributed by atoms with Crippen LogP contribution in [0.25, 0.3) is 10.9 Å². The fraction of sp³-hybridized carbons (Fsp3) is 0.235. The molecule has 0 aliphatic carbocycles. The van der Waals surface area contributed by atoms with Crippen LogP contribution in [0.5, 0.6) is 0 Å². The summed E-state index contributed by atoms with van der Waals surface area (Å²) in [7, 11) is 0. The predicted molar refractivity (Wildman–Crippen MR) is 94.0 cm³/mol. The van der Waals surface area contributed by atoms with Crippen LogP contribution >= 0.6 is 27.3 Å². The van der Waals surface area contributed by atoms with E-state index >= 15 is 0 Å². The third-order valence-electron chi connectivity index (χ3n) is 3.53. The molecule has 0 spiro atoms. The molecular weight excluding hydrogens is 344 g/mol. The molecule has 2 nitrogen and oxygen atoms in total. The molecule has 0 amide bonds. The first-order chi connectivity index (χ1) is 10.2. The lowest BCUT2D eigenvalue weighted by molar-refractivity contribution is 0.640. The molecule has 0 fully saturated rings. The number of benzene rings is 1. The fourth-order valence-electron chi connectivity index (χ4n) is 2.49. The number of hydrogen-bond donors (Lipinski definition) is 1.